The Kier molecular flexibility index (Phi) is 12.7. The van der Waals surface area contributed by atoms with Gasteiger partial charge in [0, 0.05) is 19.1 Å². The van der Waals surface area contributed by atoms with E-state index in [2.05, 4.69) is 16.0 Å². The Morgan fingerprint density at radius 2 is 1.84 bits per heavy atom. The number of rotatable bonds is 14. The van der Waals surface area contributed by atoms with Gasteiger partial charge in [0.05, 0.1) is 43.5 Å². The summed E-state index contributed by atoms with van der Waals surface area (Å²) in [6, 6.07) is -2.93. The zero-order chi connectivity index (χ0) is 32.2. The summed E-state index contributed by atoms with van der Waals surface area (Å²) in [7, 11) is 3.36. The van der Waals surface area contributed by atoms with Gasteiger partial charge in [-0.05, 0) is 53.2 Å². The van der Waals surface area contributed by atoms with Crippen molar-refractivity contribution in [2.24, 2.45) is 11.5 Å². The Morgan fingerprint density at radius 3 is 2.50 bits per heavy atom. The van der Waals surface area contributed by atoms with Crippen molar-refractivity contribution in [1.82, 2.24) is 21.0 Å². The van der Waals surface area contributed by atoms with Crippen molar-refractivity contribution in [3.63, 3.8) is 0 Å². The topological polar surface area (TPSA) is 256 Å². The Balaban J connectivity index is 1.48. The predicted molar refractivity (Wildman–Crippen MR) is 153 cm³/mol. The van der Waals surface area contributed by atoms with E-state index < -0.39 is 79.0 Å². The zero-order valence-corrected chi connectivity index (χ0v) is 25.7. The molecule has 0 aromatic heterocycles. The zero-order valence-electron chi connectivity index (χ0n) is 25.7. The summed E-state index contributed by atoms with van der Waals surface area (Å²) in [5, 5.41) is 62.1. The van der Waals surface area contributed by atoms with E-state index >= 15 is 0 Å². The summed E-state index contributed by atoms with van der Waals surface area (Å²) < 4.78 is 24.2. The number of nitrogens with one attached hydrogen (secondary N) is 3. The molecule has 4 aliphatic rings. The molecular formula is C27H52N6O11. The van der Waals surface area contributed by atoms with Crippen molar-refractivity contribution in [3.05, 3.63) is 0 Å². The lowest BCUT2D eigenvalue weighted by molar-refractivity contribution is -0.341. The number of carbonyl (C=O) groups excluding carboxylic acids is 1. The molecule has 4 rings (SSSR count). The van der Waals surface area contributed by atoms with E-state index in [1.807, 2.05) is 0 Å². The first kappa shape index (κ1) is 35.7. The molecule has 256 valence electrons. The van der Waals surface area contributed by atoms with Crippen molar-refractivity contribution >= 4 is 5.91 Å². The third-order valence-corrected chi connectivity index (χ3v) is 8.86. The highest BCUT2D eigenvalue weighted by Gasteiger charge is 2.56. The number of hydrogen-bond donors (Lipinski definition) is 10. The van der Waals surface area contributed by atoms with Gasteiger partial charge in [0.1, 0.15) is 30.0 Å². The van der Waals surface area contributed by atoms with Gasteiger partial charge in [0.2, 0.25) is 0 Å². The summed E-state index contributed by atoms with van der Waals surface area (Å²) in [5.41, 5.74) is 11.5. The number of ether oxygens (including phenoxy) is 4. The van der Waals surface area contributed by atoms with E-state index in [1.165, 1.54) is 6.92 Å². The maximum absolute atomic E-state index is 13.1. The molecule has 1 aliphatic carbocycles. The first-order valence-electron chi connectivity index (χ1n) is 15.4. The second-order valence-electron chi connectivity index (χ2n) is 12.5. The van der Waals surface area contributed by atoms with Gasteiger partial charge in [-0.25, -0.2) is 5.06 Å². The highest BCUT2D eigenvalue weighted by Crippen LogP contribution is 2.36. The van der Waals surface area contributed by atoms with Crippen molar-refractivity contribution in [2.75, 3.05) is 46.9 Å². The molecule has 12 N–H and O–H groups in total. The summed E-state index contributed by atoms with van der Waals surface area (Å²) >= 11 is 0. The third-order valence-electron chi connectivity index (χ3n) is 8.86. The number of carbonyl (C=O) groups is 1. The van der Waals surface area contributed by atoms with Crippen LogP contribution in [0.5, 0.6) is 0 Å². The number of hydrogen-bond acceptors (Lipinski definition) is 16. The quantitative estimate of drug-likeness (QED) is 0.0855. The lowest BCUT2D eigenvalue weighted by Crippen LogP contribution is -2.72. The fourth-order valence-corrected chi connectivity index (χ4v) is 6.32. The second-order valence-corrected chi connectivity index (χ2v) is 12.5. The fraction of sp³-hybridized carbons (Fsp3) is 0.963. The minimum atomic E-state index is -1.42. The van der Waals surface area contributed by atoms with Gasteiger partial charge in [0.25, 0.3) is 5.91 Å². The Hall–Kier alpha value is -1.13. The summed E-state index contributed by atoms with van der Waals surface area (Å²) in [5.74, 6) is -0.280. The van der Waals surface area contributed by atoms with Gasteiger partial charge in [0.15, 0.2) is 18.7 Å². The van der Waals surface area contributed by atoms with Gasteiger partial charge in [-0.1, -0.05) is 0 Å². The molecule has 7 unspecified atom stereocenters. The molecule has 0 aromatic carbocycles. The molecule has 3 heterocycles. The van der Waals surface area contributed by atoms with E-state index in [0.29, 0.717) is 32.4 Å². The van der Waals surface area contributed by atoms with Gasteiger partial charge in [-0.3, -0.25) is 9.63 Å². The summed E-state index contributed by atoms with van der Waals surface area (Å²) in [4.78, 5) is 18.9. The van der Waals surface area contributed by atoms with Crippen LogP contribution in [0.25, 0.3) is 0 Å². The second kappa shape index (κ2) is 15.6. The standard InChI is InChI=1S/C27H52N6O11/c1-27(39)12-40-26(20(37)23(27)31-3)43-22-17(33-24(38)18(44-33)6-7-30-2)8-16(29)21(19(22)36)42-25-15(28)5-4-14(41-25)10-32-9-13(35)11-34/h13-23,25-26,30-32,34-37,39H,4-12,28-29H2,1-3H3/t13?,14-,15?,16-,17+,18-,19?,20?,21?,22?,23+,25+,26+,27?/m0/s1. The molecule has 1 amide bonds. The van der Waals surface area contributed by atoms with Crippen LogP contribution >= 0.6 is 0 Å². The molecule has 0 aromatic rings. The molecule has 3 aliphatic heterocycles. The van der Waals surface area contributed by atoms with Crippen LogP contribution in [0, 0.1) is 0 Å². The molecule has 1 saturated carbocycles. The normalized spacial score (nSPS) is 44.0. The van der Waals surface area contributed by atoms with Crippen LogP contribution in [0.4, 0.5) is 0 Å². The highest BCUT2D eigenvalue weighted by molar-refractivity contribution is 5.84. The maximum Gasteiger partial charge on any atom is 0.278 e. The lowest BCUT2D eigenvalue weighted by atomic mass is 9.82. The number of likely N-dealkylation sites (N-methyl/N-ethyl adjacent to an activating group) is 1. The molecule has 4 fully saturated rings. The van der Waals surface area contributed by atoms with Gasteiger partial charge in [-0.2, -0.15) is 0 Å². The Bertz CT molecular complexity index is 924. The van der Waals surface area contributed by atoms with Crippen LogP contribution in [-0.4, -0.2) is 169 Å². The van der Waals surface area contributed by atoms with Crippen LogP contribution in [-0.2, 0) is 28.6 Å². The van der Waals surface area contributed by atoms with Gasteiger partial charge < -0.3 is 71.9 Å². The van der Waals surface area contributed by atoms with E-state index in [4.69, 9.17) is 40.4 Å². The van der Waals surface area contributed by atoms with E-state index in [-0.39, 0.29) is 38.2 Å². The number of hydroxylamine groups is 2. The predicted octanol–water partition coefficient (Wildman–Crippen LogP) is -5.20. The fourth-order valence-electron chi connectivity index (χ4n) is 6.32. The van der Waals surface area contributed by atoms with E-state index in [1.54, 1.807) is 14.1 Å². The number of nitrogens with zero attached hydrogens (tertiary/aromatic N) is 1. The largest absolute Gasteiger partial charge is 0.394 e. The highest BCUT2D eigenvalue weighted by atomic mass is 16.7. The van der Waals surface area contributed by atoms with Crippen LogP contribution in [0.2, 0.25) is 0 Å². The molecule has 3 saturated heterocycles. The molecule has 0 spiro atoms. The molecule has 0 radical (unpaired) electrons. The van der Waals surface area contributed by atoms with Crippen molar-refractivity contribution in [2.45, 2.75) is 118 Å². The molecular weight excluding hydrogens is 584 g/mol. The molecule has 17 nitrogen and oxygen atoms in total. The Morgan fingerprint density at radius 1 is 1.11 bits per heavy atom. The summed E-state index contributed by atoms with van der Waals surface area (Å²) in [6.45, 7) is 2.14. The SMILES string of the molecule is CNCC[C@@H]1ON([C@@H]2C[C@H](N)C(O[C@H]3O[C@H](CNCC(O)CO)CCC3N)C(O)C2O[C@H]2OCC(C)(O)[C@H](NC)C2O)C1=O. The first-order valence-corrected chi connectivity index (χ1v) is 15.4. The smallest absolute Gasteiger partial charge is 0.278 e. The van der Waals surface area contributed by atoms with Gasteiger partial charge >= 0.3 is 0 Å². The minimum absolute atomic E-state index is 0.124. The maximum atomic E-state index is 13.1. The van der Waals surface area contributed by atoms with Crippen molar-refractivity contribution in [3.8, 4) is 0 Å². The number of aliphatic hydroxyl groups is 5. The number of amides is 1. The van der Waals surface area contributed by atoms with Crippen molar-refractivity contribution in [1.29, 1.82) is 0 Å². The van der Waals surface area contributed by atoms with Crippen LogP contribution in [0.3, 0.4) is 0 Å². The van der Waals surface area contributed by atoms with E-state index in [0.717, 1.165) is 5.06 Å². The van der Waals surface area contributed by atoms with Gasteiger partial charge in [-0.15, -0.1) is 0 Å². The molecule has 0 bridgehead atoms. The average molecular weight is 637 g/mol. The lowest BCUT2D eigenvalue weighted by Gasteiger charge is -2.52. The number of nitrogens with two attached hydrogens (primary N) is 2. The third kappa shape index (κ3) is 8.04. The van der Waals surface area contributed by atoms with Crippen LogP contribution in [0.1, 0.15) is 32.6 Å². The monoisotopic (exact) mass is 636 g/mol. The van der Waals surface area contributed by atoms with E-state index in [9.17, 15) is 25.2 Å². The molecule has 17 heteroatoms. The van der Waals surface area contributed by atoms with Crippen LogP contribution in [0.15, 0.2) is 0 Å². The van der Waals surface area contributed by atoms with Crippen molar-refractivity contribution < 1.29 is 54.1 Å². The molecule has 14 atom stereocenters. The summed E-state index contributed by atoms with van der Waals surface area (Å²) in [6.07, 6.45) is -7.19. The Labute approximate surface area is 257 Å². The van der Waals surface area contributed by atoms with Crippen LogP contribution < -0.4 is 27.4 Å². The minimum Gasteiger partial charge on any atom is -0.394 e. The first-order chi connectivity index (χ1) is 20.9. The average Bonchev–Trinajstić information content (AvgIpc) is 2.98. The number of aliphatic hydroxyl groups excluding tert-OH is 4. The molecule has 44 heavy (non-hydrogen) atoms.